The largest absolute Gasteiger partial charge is 0.469 e. The number of rotatable bonds is 9. The molecule has 0 atom stereocenters. The Kier molecular flexibility index (Phi) is 10.8. The summed E-state index contributed by atoms with van der Waals surface area (Å²) < 4.78 is 4.57. The quantitative estimate of drug-likeness (QED) is 0.328. The van der Waals surface area contributed by atoms with Gasteiger partial charge in [-0.05, 0) is 37.5 Å². The van der Waals surface area contributed by atoms with Gasteiger partial charge in [-0.1, -0.05) is 57.2 Å². The van der Waals surface area contributed by atoms with Gasteiger partial charge < -0.3 is 4.74 Å². The zero-order chi connectivity index (χ0) is 15.3. The summed E-state index contributed by atoms with van der Waals surface area (Å²) in [6, 6.07) is 0. The van der Waals surface area contributed by atoms with Crippen molar-refractivity contribution < 1.29 is 9.53 Å². The predicted molar refractivity (Wildman–Crippen MR) is 86.6 cm³/mol. The summed E-state index contributed by atoms with van der Waals surface area (Å²) in [5, 5.41) is 0. The number of methoxy groups -OCH3 is 1. The Balaban J connectivity index is 3.47. The lowest BCUT2D eigenvalue weighted by atomic mass is 9.96. The monoisotopic (exact) mass is 278 g/mol. The summed E-state index contributed by atoms with van der Waals surface area (Å²) in [5.74, 6) is -0.141. The van der Waals surface area contributed by atoms with Gasteiger partial charge in [-0.3, -0.25) is 4.79 Å². The Morgan fingerprint density at radius 3 is 1.75 bits per heavy atom. The third kappa shape index (κ3) is 14.7. The van der Waals surface area contributed by atoms with E-state index in [0.29, 0.717) is 11.8 Å². The van der Waals surface area contributed by atoms with Crippen LogP contribution in [0, 0.1) is 5.41 Å². The molecule has 0 spiro atoms. The number of esters is 1. The molecule has 0 aliphatic heterocycles. The zero-order valence-corrected chi connectivity index (χ0v) is 13.5. The van der Waals surface area contributed by atoms with Crippen molar-refractivity contribution in [2.24, 2.45) is 5.41 Å². The van der Waals surface area contributed by atoms with Gasteiger partial charge in [-0.2, -0.15) is 0 Å². The van der Waals surface area contributed by atoms with E-state index in [9.17, 15) is 4.79 Å². The smallest absolute Gasteiger partial charge is 0.305 e. The van der Waals surface area contributed by atoms with Gasteiger partial charge in [0.2, 0.25) is 0 Å². The zero-order valence-electron chi connectivity index (χ0n) is 13.5. The molecule has 0 N–H and O–H groups in total. The van der Waals surface area contributed by atoms with Gasteiger partial charge in [-0.25, -0.2) is 0 Å². The Bertz CT molecular complexity index is 330. The molecule has 0 aliphatic carbocycles. The fourth-order valence-corrected chi connectivity index (χ4v) is 1.60. The van der Waals surface area contributed by atoms with Crippen molar-refractivity contribution in [3.63, 3.8) is 0 Å². The molecular weight excluding hydrogens is 248 g/mol. The average Bonchev–Trinajstić information content (AvgIpc) is 2.38. The van der Waals surface area contributed by atoms with Gasteiger partial charge in [0.25, 0.3) is 0 Å². The highest BCUT2D eigenvalue weighted by Gasteiger charge is 2.02. The summed E-state index contributed by atoms with van der Waals surface area (Å²) in [6.45, 7) is 6.64. The number of ether oxygens (including phenoxy) is 1. The van der Waals surface area contributed by atoms with E-state index in [0.717, 1.165) is 32.1 Å². The second-order valence-electron chi connectivity index (χ2n) is 5.98. The van der Waals surface area contributed by atoms with Crippen LogP contribution in [0.1, 0.15) is 59.3 Å². The number of allylic oxidation sites excluding steroid dienone is 6. The first-order valence-corrected chi connectivity index (χ1v) is 7.50. The number of hydrogen-bond donors (Lipinski definition) is 0. The number of carbonyl (C=O) groups is 1. The second-order valence-corrected chi connectivity index (χ2v) is 5.98. The van der Waals surface area contributed by atoms with E-state index in [1.54, 1.807) is 0 Å². The van der Waals surface area contributed by atoms with Crippen LogP contribution in [0.15, 0.2) is 36.5 Å². The molecule has 2 nitrogen and oxygen atoms in total. The first-order chi connectivity index (χ1) is 9.45. The SMILES string of the molecule is COC(=O)CCC=CCCC=CCCC=CC(C)(C)C. The fourth-order valence-electron chi connectivity index (χ4n) is 1.60. The van der Waals surface area contributed by atoms with E-state index < -0.39 is 0 Å². The molecule has 2 heteroatoms. The van der Waals surface area contributed by atoms with Gasteiger partial charge in [0.1, 0.15) is 0 Å². The van der Waals surface area contributed by atoms with Crippen LogP contribution in [-0.2, 0) is 9.53 Å². The standard InChI is InChI=1S/C18H30O2/c1-18(2,3)16-14-12-10-8-6-5-7-9-11-13-15-17(19)20-4/h6,8-9,11,14,16H,5,7,10,12-13,15H2,1-4H3. The molecule has 0 saturated carbocycles. The Morgan fingerprint density at radius 2 is 1.30 bits per heavy atom. The van der Waals surface area contributed by atoms with Gasteiger partial charge in [-0.15, -0.1) is 0 Å². The Morgan fingerprint density at radius 1 is 0.850 bits per heavy atom. The number of carbonyl (C=O) groups excluding carboxylic acids is 1. The van der Waals surface area contributed by atoms with E-state index in [2.05, 4.69) is 62.0 Å². The van der Waals surface area contributed by atoms with E-state index in [-0.39, 0.29) is 5.97 Å². The van der Waals surface area contributed by atoms with E-state index in [1.165, 1.54) is 7.11 Å². The normalized spacial score (nSPS) is 12.8. The van der Waals surface area contributed by atoms with Crippen LogP contribution >= 0.6 is 0 Å². The molecule has 0 aromatic heterocycles. The first-order valence-electron chi connectivity index (χ1n) is 7.50. The molecule has 0 aliphatic rings. The van der Waals surface area contributed by atoms with Crippen molar-refractivity contribution >= 4 is 5.97 Å². The minimum Gasteiger partial charge on any atom is -0.469 e. The summed E-state index contributed by atoms with van der Waals surface area (Å²) in [6.07, 6.45) is 18.8. The van der Waals surface area contributed by atoms with Crippen molar-refractivity contribution in [1.82, 2.24) is 0 Å². The topological polar surface area (TPSA) is 26.3 Å². The maximum absolute atomic E-state index is 10.9. The lowest BCUT2D eigenvalue weighted by molar-refractivity contribution is -0.140. The summed E-state index contributed by atoms with van der Waals surface area (Å²) >= 11 is 0. The van der Waals surface area contributed by atoms with Crippen LogP contribution in [-0.4, -0.2) is 13.1 Å². The number of hydrogen-bond acceptors (Lipinski definition) is 2. The van der Waals surface area contributed by atoms with Gasteiger partial charge in [0, 0.05) is 6.42 Å². The molecular formula is C18H30O2. The predicted octanol–water partition coefficient (Wildman–Crippen LogP) is 5.21. The highest BCUT2D eigenvalue weighted by molar-refractivity contribution is 5.69. The minimum absolute atomic E-state index is 0.141. The molecule has 0 aromatic carbocycles. The van der Waals surface area contributed by atoms with Crippen LogP contribution in [0.5, 0.6) is 0 Å². The highest BCUT2D eigenvalue weighted by atomic mass is 16.5. The van der Waals surface area contributed by atoms with Crippen molar-refractivity contribution in [1.29, 1.82) is 0 Å². The van der Waals surface area contributed by atoms with Gasteiger partial charge >= 0.3 is 5.97 Å². The maximum atomic E-state index is 10.9. The van der Waals surface area contributed by atoms with E-state index >= 15 is 0 Å². The third-order valence-electron chi connectivity index (χ3n) is 2.69. The molecule has 0 bridgehead atoms. The van der Waals surface area contributed by atoms with E-state index in [4.69, 9.17) is 0 Å². The molecule has 0 saturated heterocycles. The molecule has 0 heterocycles. The Hall–Kier alpha value is -1.31. The van der Waals surface area contributed by atoms with Crippen molar-refractivity contribution in [3.05, 3.63) is 36.5 Å². The minimum atomic E-state index is -0.141. The molecule has 20 heavy (non-hydrogen) atoms. The van der Waals surface area contributed by atoms with E-state index in [1.807, 2.05) is 0 Å². The van der Waals surface area contributed by atoms with Crippen molar-refractivity contribution in [2.75, 3.05) is 7.11 Å². The lowest BCUT2D eigenvalue weighted by Gasteiger charge is -2.10. The third-order valence-corrected chi connectivity index (χ3v) is 2.69. The van der Waals surface area contributed by atoms with Crippen molar-refractivity contribution in [3.8, 4) is 0 Å². The molecule has 0 fully saturated rings. The van der Waals surface area contributed by atoms with Crippen LogP contribution in [0.4, 0.5) is 0 Å². The fraction of sp³-hybridized carbons (Fsp3) is 0.611. The molecule has 0 rings (SSSR count). The molecule has 0 amide bonds. The average molecular weight is 278 g/mol. The van der Waals surface area contributed by atoms with Crippen molar-refractivity contribution in [2.45, 2.75) is 59.3 Å². The first kappa shape index (κ1) is 18.7. The molecule has 0 aromatic rings. The summed E-state index contributed by atoms with van der Waals surface area (Å²) in [7, 11) is 1.42. The molecule has 114 valence electrons. The lowest BCUT2D eigenvalue weighted by Crippen LogP contribution is -1.97. The van der Waals surface area contributed by atoms with Gasteiger partial charge in [0.15, 0.2) is 0 Å². The maximum Gasteiger partial charge on any atom is 0.305 e. The van der Waals surface area contributed by atoms with Crippen LogP contribution in [0.3, 0.4) is 0 Å². The Labute approximate surface area is 124 Å². The summed E-state index contributed by atoms with van der Waals surface area (Å²) in [5.41, 5.74) is 0.290. The second kappa shape index (κ2) is 11.5. The van der Waals surface area contributed by atoms with Crippen LogP contribution in [0.2, 0.25) is 0 Å². The molecule has 0 unspecified atom stereocenters. The van der Waals surface area contributed by atoms with Gasteiger partial charge in [0.05, 0.1) is 7.11 Å². The number of unbranched alkanes of at least 4 members (excludes halogenated alkanes) is 2. The van der Waals surface area contributed by atoms with Crippen LogP contribution < -0.4 is 0 Å². The highest BCUT2D eigenvalue weighted by Crippen LogP contribution is 2.15. The van der Waals surface area contributed by atoms with Crippen LogP contribution in [0.25, 0.3) is 0 Å². The molecule has 0 radical (unpaired) electrons. The summed E-state index contributed by atoms with van der Waals surface area (Å²) in [4.78, 5) is 10.9.